The van der Waals surface area contributed by atoms with Gasteiger partial charge in [-0.15, -0.1) is 0 Å². The summed E-state index contributed by atoms with van der Waals surface area (Å²) in [6.45, 7) is 1.92. The Balaban J connectivity index is 1.94. The molecule has 0 spiro atoms. The molecule has 6 nitrogen and oxygen atoms in total. The first-order valence-electron chi connectivity index (χ1n) is 6.42. The lowest BCUT2D eigenvalue weighted by Crippen LogP contribution is -2.25. The standard InChI is InChI=1S/C12H18N4O2/c13-6-5-10(17)9-11-14-12(15-18-11)16-7-3-1-2-4-8-16/h10,17H,1-5,7-9H2. The summed E-state index contributed by atoms with van der Waals surface area (Å²) in [5, 5.41) is 21.9. The fraction of sp³-hybridized carbons (Fsp3) is 0.750. The zero-order valence-corrected chi connectivity index (χ0v) is 10.4. The van der Waals surface area contributed by atoms with Crippen molar-refractivity contribution in [3.05, 3.63) is 5.89 Å². The third-order valence-electron chi connectivity index (χ3n) is 3.08. The van der Waals surface area contributed by atoms with Crippen LogP contribution in [0.15, 0.2) is 4.52 Å². The van der Waals surface area contributed by atoms with Gasteiger partial charge in [-0.2, -0.15) is 10.2 Å². The van der Waals surface area contributed by atoms with E-state index < -0.39 is 6.10 Å². The predicted octanol–water partition coefficient (Wildman–Crippen LogP) is 1.27. The van der Waals surface area contributed by atoms with E-state index >= 15 is 0 Å². The zero-order valence-electron chi connectivity index (χ0n) is 10.4. The fourth-order valence-corrected chi connectivity index (χ4v) is 2.11. The molecule has 2 heterocycles. The SMILES string of the molecule is N#CCC(O)Cc1nc(N2CCCCCC2)no1. The summed E-state index contributed by atoms with van der Waals surface area (Å²) in [7, 11) is 0. The molecule has 0 aromatic carbocycles. The van der Waals surface area contributed by atoms with E-state index in [1.807, 2.05) is 6.07 Å². The van der Waals surface area contributed by atoms with Gasteiger partial charge in [0, 0.05) is 13.1 Å². The Morgan fingerprint density at radius 3 is 2.72 bits per heavy atom. The van der Waals surface area contributed by atoms with Crippen LogP contribution in [0.25, 0.3) is 0 Å². The largest absolute Gasteiger partial charge is 0.392 e. The third-order valence-corrected chi connectivity index (χ3v) is 3.08. The van der Waals surface area contributed by atoms with Crippen LogP contribution in [0, 0.1) is 11.3 Å². The van der Waals surface area contributed by atoms with Crippen LogP contribution in [0.2, 0.25) is 0 Å². The maximum Gasteiger partial charge on any atom is 0.266 e. The second kappa shape index (κ2) is 6.36. The molecule has 0 radical (unpaired) electrons. The average Bonchev–Trinajstić information content (AvgIpc) is 2.64. The fourth-order valence-electron chi connectivity index (χ4n) is 2.11. The van der Waals surface area contributed by atoms with Crippen molar-refractivity contribution in [2.75, 3.05) is 18.0 Å². The molecule has 1 saturated heterocycles. The first-order chi connectivity index (χ1) is 8.79. The molecular formula is C12H18N4O2. The van der Waals surface area contributed by atoms with Crippen molar-refractivity contribution in [1.82, 2.24) is 10.1 Å². The van der Waals surface area contributed by atoms with E-state index in [1.165, 1.54) is 12.8 Å². The van der Waals surface area contributed by atoms with Crippen molar-refractivity contribution < 1.29 is 9.63 Å². The van der Waals surface area contributed by atoms with Crippen molar-refractivity contribution in [1.29, 1.82) is 5.26 Å². The third kappa shape index (κ3) is 3.44. The van der Waals surface area contributed by atoms with Crippen LogP contribution in [0.3, 0.4) is 0 Å². The maximum atomic E-state index is 9.50. The molecule has 1 aliphatic heterocycles. The first kappa shape index (κ1) is 12.8. The van der Waals surface area contributed by atoms with Crippen molar-refractivity contribution in [2.24, 2.45) is 0 Å². The monoisotopic (exact) mass is 250 g/mol. The lowest BCUT2D eigenvalue weighted by molar-refractivity contribution is 0.167. The molecule has 1 atom stereocenters. The van der Waals surface area contributed by atoms with E-state index in [0.29, 0.717) is 11.8 Å². The highest BCUT2D eigenvalue weighted by Gasteiger charge is 2.17. The number of anilines is 1. The highest BCUT2D eigenvalue weighted by atomic mass is 16.5. The number of hydrogen-bond acceptors (Lipinski definition) is 6. The molecule has 0 saturated carbocycles. The normalized spacial score (nSPS) is 18.1. The minimum atomic E-state index is -0.729. The molecule has 18 heavy (non-hydrogen) atoms. The molecule has 0 amide bonds. The molecule has 1 aliphatic rings. The second-order valence-electron chi connectivity index (χ2n) is 4.61. The molecule has 1 unspecified atom stereocenters. The van der Waals surface area contributed by atoms with E-state index in [0.717, 1.165) is 25.9 Å². The van der Waals surface area contributed by atoms with Crippen LogP contribution in [0.1, 0.15) is 38.0 Å². The zero-order chi connectivity index (χ0) is 12.8. The molecule has 1 aromatic heterocycles. The smallest absolute Gasteiger partial charge is 0.266 e. The lowest BCUT2D eigenvalue weighted by atomic mass is 10.2. The van der Waals surface area contributed by atoms with Gasteiger partial charge in [-0.05, 0) is 18.0 Å². The second-order valence-corrected chi connectivity index (χ2v) is 4.61. The molecular weight excluding hydrogens is 232 g/mol. The Morgan fingerprint density at radius 2 is 2.06 bits per heavy atom. The topological polar surface area (TPSA) is 86.2 Å². The van der Waals surface area contributed by atoms with Crippen LogP contribution in [0.5, 0.6) is 0 Å². The number of nitriles is 1. The van der Waals surface area contributed by atoms with Crippen LogP contribution in [-0.4, -0.2) is 34.4 Å². The maximum absolute atomic E-state index is 9.50. The van der Waals surface area contributed by atoms with Gasteiger partial charge in [0.25, 0.3) is 5.95 Å². The van der Waals surface area contributed by atoms with Crippen molar-refractivity contribution in [3.63, 3.8) is 0 Å². The number of rotatable bonds is 4. The Morgan fingerprint density at radius 1 is 1.33 bits per heavy atom. The summed E-state index contributed by atoms with van der Waals surface area (Å²) in [6.07, 6.45) is 4.41. The highest BCUT2D eigenvalue weighted by molar-refractivity contribution is 5.27. The molecule has 6 heteroatoms. The van der Waals surface area contributed by atoms with E-state index in [9.17, 15) is 5.11 Å². The average molecular weight is 250 g/mol. The number of nitrogens with zero attached hydrogens (tertiary/aromatic N) is 4. The predicted molar refractivity (Wildman–Crippen MR) is 64.9 cm³/mol. The Kier molecular flexibility index (Phi) is 4.53. The van der Waals surface area contributed by atoms with Crippen molar-refractivity contribution in [3.8, 4) is 6.07 Å². The minimum absolute atomic E-state index is 0.0847. The summed E-state index contributed by atoms with van der Waals surface area (Å²) < 4.78 is 5.10. The Hall–Kier alpha value is -1.61. The molecule has 1 N–H and O–H groups in total. The number of aliphatic hydroxyl groups excluding tert-OH is 1. The van der Waals surface area contributed by atoms with Gasteiger partial charge in [0.15, 0.2) is 0 Å². The minimum Gasteiger partial charge on any atom is -0.392 e. The summed E-state index contributed by atoms with van der Waals surface area (Å²) in [5.74, 6) is 1.01. The number of aliphatic hydroxyl groups is 1. The van der Waals surface area contributed by atoms with Gasteiger partial charge in [0.2, 0.25) is 5.89 Å². The van der Waals surface area contributed by atoms with E-state index in [1.54, 1.807) is 0 Å². The molecule has 2 rings (SSSR count). The highest BCUT2D eigenvalue weighted by Crippen LogP contribution is 2.16. The Bertz CT molecular complexity index is 404. The summed E-state index contributed by atoms with van der Waals surface area (Å²) in [4.78, 5) is 6.40. The van der Waals surface area contributed by atoms with Crippen molar-refractivity contribution >= 4 is 5.95 Å². The number of aromatic nitrogens is 2. The number of hydrogen-bond donors (Lipinski definition) is 1. The summed E-state index contributed by atoms with van der Waals surface area (Å²) >= 11 is 0. The molecule has 98 valence electrons. The van der Waals surface area contributed by atoms with Gasteiger partial charge < -0.3 is 14.5 Å². The molecule has 1 aromatic rings. The quantitative estimate of drug-likeness (QED) is 0.866. The van der Waals surface area contributed by atoms with Gasteiger partial charge in [-0.25, -0.2) is 0 Å². The first-order valence-corrected chi connectivity index (χ1v) is 6.42. The van der Waals surface area contributed by atoms with Crippen LogP contribution < -0.4 is 4.90 Å². The summed E-state index contributed by atoms with van der Waals surface area (Å²) in [6, 6.07) is 1.92. The molecule has 1 fully saturated rings. The van der Waals surface area contributed by atoms with Crippen LogP contribution >= 0.6 is 0 Å². The van der Waals surface area contributed by atoms with E-state index in [-0.39, 0.29) is 12.8 Å². The van der Waals surface area contributed by atoms with Gasteiger partial charge in [-0.1, -0.05) is 12.8 Å². The van der Waals surface area contributed by atoms with Crippen LogP contribution in [0.4, 0.5) is 5.95 Å². The van der Waals surface area contributed by atoms with Gasteiger partial charge in [-0.3, -0.25) is 0 Å². The summed E-state index contributed by atoms with van der Waals surface area (Å²) in [5.41, 5.74) is 0. The molecule has 0 bridgehead atoms. The Labute approximate surface area is 106 Å². The van der Waals surface area contributed by atoms with E-state index in [4.69, 9.17) is 9.78 Å². The van der Waals surface area contributed by atoms with Crippen molar-refractivity contribution in [2.45, 2.75) is 44.6 Å². The lowest BCUT2D eigenvalue weighted by Gasteiger charge is -2.16. The van der Waals surface area contributed by atoms with Gasteiger partial charge >= 0.3 is 0 Å². The van der Waals surface area contributed by atoms with Gasteiger partial charge in [0.1, 0.15) is 0 Å². The molecule has 0 aliphatic carbocycles. The van der Waals surface area contributed by atoms with Crippen LogP contribution in [-0.2, 0) is 6.42 Å². The van der Waals surface area contributed by atoms with E-state index in [2.05, 4.69) is 15.0 Å². The van der Waals surface area contributed by atoms with Gasteiger partial charge in [0.05, 0.1) is 25.0 Å².